The van der Waals surface area contributed by atoms with Gasteiger partial charge in [-0.3, -0.25) is 4.79 Å². The summed E-state index contributed by atoms with van der Waals surface area (Å²) in [5.41, 5.74) is 1.11. The maximum Gasteiger partial charge on any atom is 0.303 e. The average Bonchev–Trinajstić information content (AvgIpc) is 2.63. The molecule has 0 unspecified atom stereocenters. The summed E-state index contributed by atoms with van der Waals surface area (Å²) in [5, 5.41) is 11.6. The van der Waals surface area contributed by atoms with Gasteiger partial charge in [0.25, 0.3) is 0 Å². The largest absolute Gasteiger partial charge is 0.481 e. The van der Waals surface area contributed by atoms with E-state index in [0.717, 1.165) is 31.5 Å². The van der Waals surface area contributed by atoms with Crippen molar-refractivity contribution in [2.75, 3.05) is 6.54 Å². The zero-order chi connectivity index (χ0) is 10.2. The summed E-state index contributed by atoms with van der Waals surface area (Å²) < 4.78 is 4.91. The molecule has 1 aromatic heterocycles. The van der Waals surface area contributed by atoms with Gasteiger partial charge in [-0.25, -0.2) is 0 Å². The Kier molecular flexibility index (Phi) is 4.78. The number of unbranched alkanes of at least 4 members (excludes halogenated alkanes) is 1. The number of carbonyl (C=O) groups is 1. The average molecular weight is 197 g/mol. The lowest BCUT2D eigenvalue weighted by Crippen LogP contribution is -2.14. The molecule has 0 saturated carbocycles. The van der Waals surface area contributed by atoms with Gasteiger partial charge in [0.15, 0.2) is 0 Å². The normalized spacial score (nSPS) is 10.3. The van der Waals surface area contributed by atoms with Crippen molar-refractivity contribution in [2.24, 2.45) is 0 Å². The second-order valence-corrected chi connectivity index (χ2v) is 3.16. The van der Waals surface area contributed by atoms with Gasteiger partial charge in [-0.15, -0.1) is 0 Å². The van der Waals surface area contributed by atoms with Gasteiger partial charge in [-0.05, 0) is 25.5 Å². The Morgan fingerprint density at radius 2 is 2.36 bits per heavy atom. The Hall–Kier alpha value is -1.29. The smallest absolute Gasteiger partial charge is 0.303 e. The van der Waals surface area contributed by atoms with Gasteiger partial charge in [0, 0.05) is 18.5 Å². The van der Waals surface area contributed by atoms with E-state index in [1.807, 2.05) is 6.07 Å². The molecule has 0 atom stereocenters. The SMILES string of the molecule is O=C(O)CCCCNCc1ccoc1. The number of rotatable bonds is 7. The lowest BCUT2D eigenvalue weighted by Gasteiger charge is -2.01. The first-order valence-electron chi connectivity index (χ1n) is 4.72. The molecule has 0 saturated heterocycles. The van der Waals surface area contributed by atoms with Gasteiger partial charge in [0.05, 0.1) is 12.5 Å². The fourth-order valence-corrected chi connectivity index (χ4v) is 1.15. The highest BCUT2D eigenvalue weighted by atomic mass is 16.4. The number of furan rings is 1. The molecule has 1 heterocycles. The summed E-state index contributed by atoms with van der Waals surface area (Å²) in [5.74, 6) is -0.722. The summed E-state index contributed by atoms with van der Waals surface area (Å²) in [6.07, 6.45) is 5.22. The van der Waals surface area contributed by atoms with Crippen LogP contribution >= 0.6 is 0 Å². The topological polar surface area (TPSA) is 62.5 Å². The fourth-order valence-electron chi connectivity index (χ4n) is 1.15. The van der Waals surface area contributed by atoms with Crippen molar-refractivity contribution in [2.45, 2.75) is 25.8 Å². The molecule has 0 aliphatic carbocycles. The minimum absolute atomic E-state index is 0.257. The van der Waals surface area contributed by atoms with Gasteiger partial charge in [-0.2, -0.15) is 0 Å². The number of nitrogens with one attached hydrogen (secondary N) is 1. The van der Waals surface area contributed by atoms with E-state index in [1.54, 1.807) is 12.5 Å². The molecule has 0 aromatic carbocycles. The Bertz CT molecular complexity index is 256. The van der Waals surface area contributed by atoms with Gasteiger partial charge in [0.2, 0.25) is 0 Å². The van der Waals surface area contributed by atoms with E-state index < -0.39 is 5.97 Å². The van der Waals surface area contributed by atoms with Crippen molar-refractivity contribution in [1.82, 2.24) is 5.32 Å². The van der Waals surface area contributed by atoms with Gasteiger partial charge in [0.1, 0.15) is 0 Å². The van der Waals surface area contributed by atoms with Gasteiger partial charge < -0.3 is 14.8 Å². The van der Waals surface area contributed by atoms with Crippen LogP contribution in [0.4, 0.5) is 0 Å². The number of carboxylic acids is 1. The molecule has 0 fully saturated rings. The highest BCUT2D eigenvalue weighted by Crippen LogP contribution is 1.99. The van der Waals surface area contributed by atoms with Crippen molar-refractivity contribution >= 4 is 5.97 Å². The van der Waals surface area contributed by atoms with Crippen LogP contribution in [-0.4, -0.2) is 17.6 Å². The number of hydrogen-bond donors (Lipinski definition) is 2. The lowest BCUT2D eigenvalue weighted by molar-refractivity contribution is -0.137. The van der Waals surface area contributed by atoms with E-state index in [0.29, 0.717) is 0 Å². The van der Waals surface area contributed by atoms with E-state index in [2.05, 4.69) is 5.32 Å². The minimum atomic E-state index is -0.722. The Labute approximate surface area is 82.9 Å². The predicted octanol–water partition coefficient (Wildman–Crippen LogP) is 1.62. The molecule has 0 aliphatic rings. The first-order chi connectivity index (χ1) is 6.79. The van der Waals surface area contributed by atoms with E-state index in [4.69, 9.17) is 9.52 Å². The summed E-state index contributed by atoms with van der Waals surface area (Å²) in [6, 6.07) is 1.91. The third-order valence-corrected chi connectivity index (χ3v) is 1.90. The maximum absolute atomic E-state index is 10.2. The zero-order valence-corrected chi connectivity index (χ0v) is 8.03. The van der Waals surface area contributed by atoms with Crippen LogP contribution in [-0.2, 0) is 11.3 Å². The lowest BCUT2D eigenvalue weighted by atomic mass is 10.2. The Morgan fingerprint density at radius 3 is 3.00 bits per heavy atom. The number of hydrogen-bond acceptors (Lipinski definition) is 3. The number of carboxylic acid groups (broad SMARTS) is 1. The van der Waals surface area contributed by atoms with Crippen LogP contribution in [0.15, 0.2) is 23.0 Å². The zero-order valence-electron chi connectivity index (χ0n) is 8.03. The molecule has 1 aromatic rings. The molecule has 2 N–H and O–H groups in total. The van der Waals surface area contributed by atoms with E-state index in [-0.39, 0.29) is 6.42 Å². The molecule has 4 nitrogen and oxygen atoms in total. The second-order valence-electron chi connectivity index (χ2n) is 3.16. The maximum atomic E-state index is 10.2. The fraction of sp³-hybridized carbons (Fsp3) is 0.500. The molecule has 78 valence electrons. The van der Waals surface area contributed by atoms with E-state index in [1.165, 1.54) is 0 Å². The standard InChI is InChI=1S/C10H15NO3/c12-10(13)3-1-2-5-11-7-9-4-6-14-8-9/h4,6,8,11H,1-3,5,7H2,(H,12,13). The van der Waals surface area contributed by atoms with Crippen molar-refractivity contribution < 1.29 is 14.3 Å². The highest BCUT2D eigenvalue weighted by Gasteiger charge is 1.96. The third-order valence-electron chi connectivity index (χ3n) is 1.90. The third kappa shape index (κ3) is 4.67. The van der Waals surface area contributed by atoms with Crippen LogP contribution in [0.1, 0.15) is 24.8 Å². The summed E-state index contributed by atoms with van der Waals surface area (Å²) in [6.45, 7) is 1.63. The molecule has 0 bridgehead atoms. The van der Waals surface area contributed by atoms with Crippen molar-refractivity contribution in [3.8, 4) is 0 Å². The number of aliphatic carboxylic acids is 1. The summed E-state index contributed by atoms with van der Waals surface area (Å²) in [7, 11) is 0. The van der Waals surface area contributed by atoms with E-state index in [9.17, 15) is 4.79 Å². The summed E-state index contributed by atoms with van der Waals surface area (Å²) in [4.78, 5) is 10.2. The van der Waals surface area contributed by atoms with Crippen LogP contribution in [0.3, 0.4) is 0 Å². The Morgan fingerprint density at radius 1 is 1.50 bits per heavy atom. The van der Waals surface area contributed by atoms with Crippen LogP contribution in [0.25, 0.3) is 0 Å². The predicted molar refractivity (Wildman–Crippen MR) is 51.9 cm³/mol. The summed E-state index contributed by atoms with van der Waals surface area (Å²) >= 11 is 0. The molecular weight excluding hydrogens is 182 g/mol. The second kappa shape index (κ2) is 6.21. The van der Waals surface area contributed by atoms with Crippen LogP contribution in [0.5, 0.6) is 0 Å². The van der Waals surface area contributed by atoms with Crippen molar-refractivity contribution in [3.63, 3.8) is 0 Å². The molecular formula is C10H15NO3. The molecule has 1 rings (SSSR count). The minimum Gasteiger partial charge on any atom is -0.481 e. The first kappa shape index (κ1) is 10.8. The molecule has 0 spiro atoms. The molecule has 0 aliphatic heterocycles. The first-order valence-corrected chi connectivity index (χ1v) is 4.72. The molecule has 0 amide bonds. The quantitative estimate of drug-likeness (QED) is 0.652. The van der Waals surface area contributed by atoms with Crippen LogP contribution < -0.4 is 5.32 Å². The Balaban J connectivity index is 1.92. The van der Waals surface area contributed by atoms with E-state index >= 15 is 0 Å². The monoisotopic (exact) mass is 197 g/mol. The molecule has 4 heteroatoms. The van der Waals surface area contributed by atoms with Crippen molar-refractivity contribution in [1.29, 1.82) is 0 Å². The van der Waals surface area contributed by atoms with Gasteiger partial charge >= 0.3 is 5.97 Å². The van der Waals surface area contributed by atoms with Crippen molar-refractivity contribution in [3.05, 3.63) is 24.2 Å². The highest BCUT2D eigenvalue weighted by molar-refractivity contribution is 5.66. The molecule has 14 heavy (non-hydrogen) atoms. The van der Waals surface area contributed by atoms with Crippen LogP contribution in [0, 0.1) is 0 Å². The molecule has 0 radical (unpaired) electrons. The van der Waals surface area contributed by atoms with Gasteiger partial charge in [-0.1, -0.05) is 0 Å². The van der Waals surface area contributed by atoms with Crippen LogP contribution in [0.2, 0.25) is 0 Å².